The SMILES string of the molecule is Fc1cc(F)cc(N2CCOc3cnc(Cl)nc32)c1. The zero-order chi connectivity index (χ0) is 13.4. The molecule has 1 aromatic heterocycles. The molecule has 0 amide bonds. The van der Waals surface area contributed by atoms with E-state index in [1.807, 2.05) is 0 Å². The fourth-order valence-corrected chi connectivity index (χ4v) is 2.06. The number of ether oxygens (including phenoxy) is 1. The van der Waals surface area contributed by atoms with Crippen molar-refractivity contribution < 1.29 is 13.5 Å². The summed E-state index contributed by atoms with van der Waals surface area (Å²) in [6, 6.07) is 3.28. The highest BCUT2D eigenvalue weighted by Gasteiger charge is 2.22. The topological polar surface area (TPSA) is 38.2 Å². The van der Waals surface area contributed by atoms with Crippen LogP contribution in [0, 0.1) is 11.6 Å². The van der Waals surface area contributed by atoms with Gasteiger partial charge in [0.05, 0.1) is 12.7 Å². The van der Waals surface area contributed by atoms with Crippen LogP contribution in [0.1, 0.15) is 0 Å². The normalized spacial score (nSPS) is 13.9. The first-order valence-electron chi connectivity index (χ1n) is 5.52. The molecular weight excluding hydrogens is 276 g/mol. The van der Waals surface area contributed by atoms with Gasteiger partial charge in [0.1, 0.15) is 18.2 Å². The Morgan fingerprint density at radius 2 is 1.95 bits per heavy atom. The van der Waals surface area contributed by atoms with Crippen molar-refractivity contribution in [3.05, 3.63) is 41.3 Å². The van der Waals surface area contributed by atoms with Crippen molar-refractivity contribution in [3.63, 3.8) is 0 Å². The highest BCUT2D eigenvalue weighted by atomic mass is 35.5. The van der Waals surface area contributed by atoms with Gasteiger partial charge in [0.25, 0.3) is 0 Å². The third-order valence-electron chi connectivity index (χ3n) is 2.69. The molecule has 1 aliphatic heterocycles. The predicted molar refractivity (Wildman–Crippen MR) is 65.9 cm³/mol. The van der Waals surface area contributed by atoms with Crippen LogP contribution in [0.5, 0.6) is 5.75 Å². The number of aromatic nitrogens is 2. The lowest BCUT2D eigenvalue weighted by Gasteiger charge is -2.29. The quantitative estimate of drug-likeness (QED) is 0.754. The van der Waals surface area contributed by atoms with Gasteiger partial charge >= 0.3 is 0 Å². The van der Waals surface area contributed by atoms with E-state index >= 15 is 0 Å². The summed E-state index contributed by atoms with van der Waals surface area (Å²) in [5, 5.41) is 0.0473. The highest BCUT2D eigenvalue weighted by molar-refractivity contribution is 6.28. The van der Waals surface area contributed by atoms with Gasteiger partial charge in [-0.25, -0.2) is 13.8 Å². The molecule has 1 aliphatic rings. The average Bonchev–Trinajstić information content (AvgIpc) is 2.36. The third-order valence-corrected chi connectivity index (χ3v) is 2.88. The number of benzene rings is 1. The number of hydrogen-bond donors (Lipinski definition) is 0. The molecule has 0 saturated heterocycles. The van der Waals surface area contributed by atoms with Crippen molar-refractivity contribution in [1.82, 2.24) is 9.97 Å². The van der Waals surface area contributed by atoms with Crippen LogP contribution in [0.4, 0.5) is 20.3 Å². The molecule has 0 N–H and O–H groups in total. The van der Waals surface area contributed by atoms with Crippen molar-refractivity contribution in [3.8, 4) is 5.75 Å². The zero-order valence-corrected chi connectivity index (χ0v) is 10.4. The Hall–Kier alpha value is -1.95. The van der Waals surface area contributed by atoms with E-state index in [0.717, 1.165) is 6.07 Å². The lowest BCUT2D eigenvalue weighted by molar-refractivity contribution is 0.310. The minimum absolute atomic E-state index is 0.0473. The Balaban J connectivity index is 2.10. The van der Waals surface area contributed by atoms with E-state index in [2.05, 4.69) is 9.97 Å². The van der Waals surface area contributed by atoms with Crippen LogP contribution in [-0.2, 0) is 0 Å². The molecule has 4 nitrogen and oxygen atoms in total. The van der Waals surface area contributed by atoms with Crippen LogP contribution in [-0.4, -0.2) is 23.1 Å². The molecule has 0 atom stereocenters. The summed E-state index contributed by atoms with van der Waals surface area (Å²) in [5.74, 6) is -0.469. The number of fused-ring (bicyclic) bond motifs is 1. The molecule has 98 valence electrons. The van der Waals surface area contributed by atoms with E-state index < -0.39 is 11.6 Å². The van der Waals surface area contributed by atoms with E-state index in [1.165, 1.54) is 18.3 Å². The summed E-state index contributed by atoms with van der Waals surface area (Å²) in [4.78, 5) is 9.49. The molecule has 0 radical (unpaired) electrons. The summed E-state index contributed by atoms with van der Waals surface area (Å²) in [7, 11) is 0. The molecule has 0 unspecified atom stereocenters. The van der Waals surface area contributed by atoms with Gasteiger partial charge in [0.2, 0.25) is 5.28 Å². The van der Waals surface area contributed by atoms with E-state index in [1.54, 1.807) is 4.90 Å². The molecule has 7 heteroatoms. The monoisotopic (exact) mass is 283 g/mol. The van der Waals surface area contributed by atoms with E-state index in [9.17, 15) is 8.78 Å². The molecule has 0 fully saturated rings. The van der Waals surface area contributed by atoms with Gasteiger partial charge in [0.15, 0.2) is 11.6 Å². The number of hydrogen-bond acceptors (Lipinski definition) is 4. The van der Waals surface area contributed by atoms with Crippen molar-refractivity contribution in [1.29, 1.82) is 0 Å². The van der Waals surface area contributed by atoms with Crippen LogP contribution in [0.15, 0.2) is 24.4 Å². The number of nitrogens with zero attached hydrogens (tertiary/aromatic N) is 3. The van der Waals surface area contributed by atoms with Crippen molar-refractivity contribution in [2.24, 2.45) is 0 Å². The molecule has 0 aliphatic carbocycles. The minimum atomic E-state index is -0.650. The molecule has 19 heavy (non-hydrogen) atoms. The van der Waals surface area contributed by atoms with Crippen molar-refractivity contribution in [2.75, 3.05) is 18.1 Å². The fraction of sp³-hybridized carbons (Fsp3) is 0.167. The molecule has 1 aromatic carbocycles. The van der Waals surface area contributed by atoms with Gasteiger partial charge in [0, 0.05) is 11.8 Å². The molecular formula is C12H8ClF2N3O. The summed E-state index contributed by atoms with van der Waals surface area (Å²) >= 11 is 5.74. The molecule has 3 rings (SSSR count). The number of anilines is 2. The molecule has 2 aromatic rings. The Kier molecular flexibility index (Phi) is 2.94. The highest BCUT2D eigenvalue weighted by Crippen LogP contribution is 2.35. The first-order valence-corrected chi connectivity index (χ1v) is 5.90. The van der Waals surface area contributed by atoms with E-state index in [4.69, 9.17) is 16.3 Å². The molecule has 0 bridgehead atoms. The molecule has 2 heterocycles. The fourth-order valence-electron chi connectivity index (χ4n) is 1.94. The smallest absolute Gasteiger partial charge is 0.224 e. The standard InChI is InChI=1S/C12H8ClF2N3O/c13-12-16-6-10-11(17-12)18(1-2-19-10)9-4-7(14)3-8(15)5-9/h3-6H,1-2H2. The Bertz CT molecular complexity index is 618. The summed E-state index contributed by atoms with van der Waals surface area (Å²) in [5.41, 5.74) is 0.358. The third kappa shape index (κ3) is 2.31. The Labute approximate surface area is 112 Å². The zero-order valence-electron chi connectivity index (χ0n) is 9.61. The maximum absolute atomic E-state index is 13.3. The second kappa shape index (κ2) is 4.62. The lowest BCUT2D eigenvalue weighted by atomic mass is 10.2. The first kappa shape index (κ1) is 12.1. The maximum atomic E-state index is 13.3. The Morgan fingerprint density at radius 1 is 1.21 bits per heavy atom. The minimum Gasteiger partial charge on any atom is -0.486 e. The first-order chi connectivity index (χ1) is 9.13. The van der Waals surface area contributed by atoms with Gasteiger partial charge in [-0.1, -0.05) is 0 Å². The van der Waals surface area contributed by atoms with Gasteiger partial charge in [-0.3, -0.25) is 0 Å². The Morgan fingerprint density at radius 3 is 2.68 bits per heavy atom. The maximum Gasteiger partial charge on any atom is 0.224 e. The summed E-state index contributed by atoms with van der Waals surface area (Å²) in [6.45, 7) is 0.791. The van der Waals surface area contributed by atoms with Crippen LogP contribution in [0.2, 0.25) is 5.28 Å². The second-order valence-corrected chi connectivity index (χ2v) is 4.29. The van der Waals surface area contributed by atoms with E-state index in [-0.39, 0.29) is 5.28 Å². The predicted octanol–water partition coefficient (Wildman–Crippen LogP) is 2.94. The van der Waals surface area contributed by atoms with Crippen LogP contribution in [0.25, 0.3) is 0 Å². The number of rotatable bonds is 1. The van der Waals surface area contributed by atoms with Crippen LogP contribution in [0.3, 0.4) is 0 Å². The average molecular weight is 284 g/mol. The van der Waals surface area contributed by atoms with Gasteiger partial charge in [-0.15, -0.1) is 0 Å². The molecule has 0 spiro atoms. The summed E-state index contributed by atoms with van der Waals surface area (Å²) < 4.78 is 31.9. The van der Waals surface area contributed by atoms with Crippen LogP contribution < -0.4 is 9.64 Å². The van der Waals surface area contributed by atoms with Gasteiger partial charge < -0.3 is 9.64 Å². The van der Waals surface area contributed by atoms with Crippen LogP contribution >= 0.6 is 11.6 Å². The number of halogens is 3. The van der Waals surface area contributed by atoms with Crippen molar-refractivity contribution in [2.45, 2.75) is 0 Å². The van der Waals surface area contributed by atoms with Gasteiger partial charge in [-0.2, -0.15) is 4.98 Å². The van der Waals surface area contributed by atoms with Gasteiger partial charge in [-0.05, 0) is 23.7 Å². The van der Waals surface area contributed by atoms with E-state index in [0.29, 0.717) is 30.4 Å². The second-order valence-electron chi connectivity index (χ2n) is 3.95. The largest absolute Gasteiger partial charge is 0.486 e. The lowest BCUT2D eigenvalue weighted by Crippen LogP contribution is -2.29. The molecule has 0 saturated carbocycles. The summed E-state index contributed by atoms with van der Waals surface area (Å²) in [6.07, 6.45) is 1.44. The van der Waals surface area contributed by atoms with Crippen molar-refractivity contribution >= 4 is 23.1 Å².